The van der Waals surface area contributed by atoms with Gasteiger partial charge >= 0.3 is 8.65 Å². The fourth-order valence-corrected chi connectivity index (χ4v) is 5.15. The van der Waals surface area contributed by atoms with Crippen LogP contribution in [0.5, 0.6) is 0 Å². The zero-order valence-corrected chi connectivity index (χ0v) is 18.6. The van der Waals surface area contributed by atoms with Crippen molar-refractivity contribution in [1.82, 2.24) is 0 Å². The van der Waals surface area contributed by atoms with Crippen molar-refractivity contribution in [3.8, 4) is 0 Å². The van der Waals surface area contributed by atoms with Crippen LogP contribution in [-0.2, 0) is 16.2 Å². The zero-order valence-electron chi connectivity index (χ0n) is 17.6. The molecule has 0 aliphatic rings. The first-order chi connectivity index (χ1) is 10.4. The summed E-state index contributed by atoms with van der Waals surface area (Å²) in [5.74, 6) is 0. The van der Waals surface area contributed by atoms with Crippen LogP contribution in [0.15, 0.2) is 12.1 Å². The summed E-state index contributed by atoms with van der Waals surface area (Å²) in [7, 11) is -4.05. The van der Waals surface area contributed by atoms with Gasteiger partial charge in [0, 0.05) is 10.7 Å². The monoisotopic (exact) mass is 352 g/mol. The van der Waals surface area contributed by atoms with E-state index < -0.39 is 8.65 Å². The Bertz CT molecular complexity index is 561. The smallest absolute Gasteiger partial charge is 0.404 e. The van der Waals surface area contributed by atoms with Gasteiger partial charge in [-0.15, -0.1) is 0 Å². The summed E-state index contributed by atoms with van der Waals surface area (Å²) < 4.78 is 15.6. The third kappa shape index (κ3) is 4.29. The van der Waals surface area contributed by atoms with Gasteiger partial charge in [-0.1, -0.05) is 88.3 Å². The number of halogens is 1. The SMILES string of the molecule is CC(C)[Si](O)(F)c1c(C(C)(C)C)cc(C(C)(C)C)cc1C(C)(C)C. The van der Waals surface area contributed by atoms with E-state index in [-0.39, 0.29) is 21.8 Å². The number of hydrogen-bond donors (Lipinski definition) is 1. The second-order valence-corrected chi connectivity index (χ2v) is 13.5. The fraction of sp³-hybridized carbons (Fsp3) is 0.714. The lowest BCUT2D eigenvalue weighted by molar-refractivity contribution is 0.444. The molecular weight excluding hydrogens is 315 g/mol. The van der Waals surface area contributed by atoms with E-state index in [1.54, 1.807) is 13.8 Å². The predicted molar refractivity (Wildman–Crippen MR) is 106 cm³/mol. The molecule has 1 aromatic carbocycles. The lowest BCUT2D eigenvalue weighted by atomic mass is 9.75. The maximum Gasteiger partial charge on any atom is 0.416 e. The summed E-state index contributed by atoms with van der Waals surface area (Å²) in [6.07, 6.45) is 0. The van der Waals surface area contributed by atoms with Crippen molar-refractivity contribution in [2.45, 2.75) is 97.9 Å². The Hall–Kier alpha value is -0.673. The average molecular weight is 353 g/mol. The van der Waals surface area contributed by atoms with Gasteiger partial charge in [0.2, 0.25) is 0 Å². The number of hydrogen-bond acceptors (Lipinski definition) is 1. The minimum absolute atomic E-state index is 0.0215. The Balaban J connectivity index is 4.04. The maximum absolute atomic E-state index is 15.6. The van der Waals surface area contributed by atoms with Gasteiger partial charge < -0.3 is 4.80 Å². The van der Waals surface area contributed by atoms with Crippen molar-refractivity contribution in [2.24, 2.45) is 0 Å². The van der Waals surface area contributed by atoms with Crippen LogP contribution in [0.2, 0.25) is 5.54 Å². The van der Waals surface area contributed by atoms with Crippen molar-refractivity contribution in [3.05, 3.63) is 28.8 Å². The van der Waals surface area contributed by atoms with Crippen LogP contribution in [0.4, 0.5) is 4.11 Å². The highest BCUT2D eigenvalue weighted by atomic mass is 28.4. The van der Waals surface area contributed by atoms with Gasteiger partial charge in [-0.3, -0.25) is 4.11 Å². The molecule has 1 nitrogen and oxygen atoms in total. The molecule has 0 fully saturated rings. The van der Waals surface area contributed by atoms with Crippen molar-refractivity contribution in [2.75, 3.05) is 0 Å². The number of rotatable bonds is 2. The Kier molecular flexibility index (Phi) is 5.56. The van der Waals surface area contributed by atoms with Gasteiger partial charge in [-0.2, -0.15) is 0 Å². The summed E-state index contributed by atoms with van der Waals surface area (Å²) in [4.78, 5) is 10.9. The van der Waals surface area contributed by atoms with Gasteiger partial charge in [0.15, 0.2) is 0 Å². The highest BCUT2D eigenvalue weighted by Crippen LogP contribution is 2.36. The van der Waals surface area contributed by atoms with Gasteiger partial charge in [-0.25, -0.2) is 0 Å². The highest BCUT2D eigenvalue weighted by molar-refractivity contribution is 6.81. The lowest BCUT2D eigenvalue weighted by Crippen LogP contribution is -2.53. The Morgan fingerprint density at radius 2 is 1.12 bits per heavy atom. The molecule has 1 N–H and O–H groups in total. The van der Waals surface area contributed by atoms with E-state index >= 15 is 4.11 Å². The molecule has 0 saturated heterocycles. The Morgan fingerprint density at radius 3 is 1.33 bits per heavy atom. The first kappa shape index (κ1) is 21.4. The summed E-state index contributed by atoms with van der Waals surface area (Å²) in [6, 6.07) is 4.26. The molecule has 0 heterocycles. The molecule has 138 valence electrons. The van der Waals surface area contributed by atoms with Crippen LogP contribution >= 0.6 is 0 Å². The van der Waals surface area contributed by atoms with Crippen molar-refractivity contribution in [3.63, 3.8) is 0 Å². The third-order valence-corrected chi connectivity index (χ3v) is 7.51. The van der Waals surface area contributed by atoms with Crippen molar-refractivity contribution >= 4 is 13.8 Å². The summed E-state index contributed by atoms with van der Waals surface area (Å²) in [6.45, 7) is 22.8. The van der Waals surface area contributed by atoms with E-state index in [4.69, 9.17) is 0 Å². The molecule has 0 aromatic heterocycles. The molecule has 0 saturated carbocycles. The molecule has 0 bridgehead atoms. The third-order valence-electron chi connectivity index (χ3n) is 4.74. The largest absolute Gasteiger partial charge is 0.416 e. The molecule has 1 rings (SSSR count). The molecule has 3 heteroatoms. The topological polar surface area (TPSA) is 20.2 Å². The maximum atomic E-state index is 15.6. The standard InChI is InChI=1S/C21H37FOSi/c1-14(2)24(22,23)18-16(20(6,7)8)12-15(19(3,4)5)13-17(18)21(9,10)11/h12-14,23H,1-11H3. The molecule has 1 unspecified atom stereocenters. The molecule has 0 radical (unpaired) electrons. The van der Waals surface area contributed by atoms with Gasteiger partial charge in [0.1, 0.15) is 0 Å². The summed E-state index contributed by atoms with van der Waals surface area (Å²) in [5.41, 5.74) is 2.29. The molecule has 0 amide bonds. The van der Waals surface area contributed by atoms with Crippen LogP contribution in [0.25, 0.3) is 0 Å². The van der Waals surface area contributed by atoms with E-state index in [9.17, 15) is 4.80 Å². The highest BCUT2D eigenvalue weighted by Gasteiger charge is 2.46. The lowest BCUT2D eigenvalue weighted by Gasteiger charge is -2.37. The zero-order chi connectivity index (χ0) is 19.3. The molecule has 1 aromatic rings. The van der Waals surface area contributed by atoms with Crippen LogP contribution in [0.1, 0.15) is 92.9 Å². The molecule has 0 aliphatic carbocycles. The quantitative estimate of drug-likeness (QED) is 0.542. The van der Waals surface area contributed by atoms with Crippen LogP contribution in [-0.4, -0.2) is 13.4 Å². The predicted octanol–water partition coefficient (Wildman–Crippen LogP) is 5.60. The first-order valence-electron chi connectivity index (χ1n) is 9.01. The van der Waals surface area contributed by atoms with Crippen molar-refractivity contribution in [1.29, 1.82) is 0 Å². The Labute approximate surface area is 150 Å². The molecule has 1 atom stereocenters. The van der Waals surface area contributed by atoms with Crippen LogP contribution < -0.4 is 5.19 Å². The molecular formula is C21H37FOSi. The molecule has 0 spiro atoms. The van der Waals surface area contributed by atoms with E-state index in [0.29, 0.717) is 5.19 Å². The Morgan fingerprint density at radius 1 is 0.792 bits per heavy atom. The van der Waals surface area contributed by atoms with E-state index in [1.165, 1.54) is 5.56 Å². The van der Waals surface area contributed by atoms with E-state index in [1.807, 2.05) is 0 Å². The van der Waals surface area contributed by atoms with E-state index in [0.717, 1.165) is 11.1 Å². The van der Waals surface area contributed by atoms with Gasteiger partial charge in [0.25, 0.3) is 0 Å². The second kappa shape index (κ2) is 6.24. The summed E-state index contributed by atoms with van der Waals surface area (Å²) in [5, 5.41) is 0.602. The normalized spacial score (nSPS) is 16.4. The molecule has 24 heavy (non-hydrogen) atoms. The minimum Gasteiger partial charge on any atom is -0.404 e. The molecule has 0 aliphatic heterocycles. The minimum atomic E-state index is -4.05. The second-order valence-electron chi connectivity index (χ2n) is 10.5. The van der Waals surface area contributed by atoms with Crippen LogP contribution in [0, 0.1) is 0 Å². The van der Waals surface area contributed by atoms with Gasteiger partial charge in [0.05, 0.1) is 0 Å². The average Bonchev–Trinajstić information content (AvgIpc) is 2.33. The van der Waals surface area contributed by atoms with Crippen LogP contribution in [0.3, 0.4) is 0 Å². The number of benzene rings is 1. The fourth-order valence-electron chi connectivity index (χ4n) is 2.92. The van der Waals surface area contributed by atoms with Gasteiger partial charge in [-0.05, 0) is 32.9 Å². The van der Waals surface area contributed by atoms with E-state index in [2.05, 4.69) is 74.4 Å². The summed E-state index contributed by atoms with van der Waals surface area (Å²) >= 11 is 0. The van der Waals surface area contributed by atoms with Crippen molar-refractivity contribution < 1.29 is 8.90 Å². The first-order valence-corrected chi connectivity index (χ1v) is 10.9.